The van der Waals surface area contributed by atoms with Crippen molar-refractivity contribution in [2.45, 2.75) is 12.5 Å². The first kappa shape index (κ1) is 23.1. The van der Waals surface area contributed by atoms with Crippen LogP contribution < -0.4 is 8.01 Å². The van der Waals surface area contributed by atoms with E-state index in [0.29, 0.717) is 34.4 Å². The molecule has 34 heavy (non-hydrogen) atoms. The number of hydrogen-bond acceptors (Lipinski definition) is 4. The number of H-pyrrole nitrogens is 1. The number of fused-ring (bicyclic) bond motifs is 3. The number of anilines is 1. The van der Waals surface area contributed by atoms with Crippen LogP contribution in [0.3, 0.4) is 0 Å². The average Bonchev–Trinajstić information content (AvgIpc) is 3.22. The highest BCUT2D eigenvalue weighted by molar-refractivity contribution is 14.1. The Hall–Kier alpha value is -2.66. The van der Waals surface area contributed by atoms with Gasteiger partial charge in [0, 0.05) is 33.2 Å². The minimum Gasteiger partial charge on any atom is -0.410 e. The van der Waals surface area contributed by atoms with Crippen molar-refractivity contribution in [2.24, 2.45) is 0 Å². The van der Waals surface area contributed by atoms with Gasteiger partial charge in [-0.15, -0.1) is 0 Å². The van der Waals surface area contributed by atoms with E-state index in [9.17, 15) is 13.1 Å². The zero-order chi connectivity index (χ0) is 23.8. The van der Waals surface area contributed by atoms with Crippen LogP contribution in [-0.4, -0.2) is 27.7 Å². The number of ether oxygens (including phenoxy) is 1. The first-order valence-corrected chi connectivity index (χ1v) is 12.9. The predicted octanol–water partition coefficient (Wildman–Crippen LogP) is 7.05. The molecule has 1 unspecified atom stereocenters. The highest BCUT2D eigenvalue weighted by Gasteiger charge is 2.35. The van der Waals surface area contributed by atoms with E-state index in [-0.39, 0.29) is 0 Å². The lowest BCUT2D eigenvalue weighted by Gasteiger charge is -2.35. The fraction of sp³-hybridized carbons (Fsp3) is 0.125. The van der Waals surface area contributed by atoms with Gasteiger partial charge >= 0.3 is 6.09 Å². The molecule has 1 amide bonds. The molecule has 0 bridgehead atoms. The summed E-state index contributed by atoms with van der Waals surface area (Å²) in [5.41, 5.74) is 4.13. The van der Waals surface area contributed by atoms with Gasteiger partial charge in [-0.2, -0.15) is 3.28 Å². The quantitative estimate of drug-likeness (QED) is 0.147. The molecule has 4 aromatic rings. The Morgan fingerprint density at radius 3 is 2.47 bits per heavy atom. The molecular formula is C24H18Cl2IN3O4. The molecule has 0 fully saturated rings. The highest BCUT2D eigenvalue weighted by Crippen LogP contribution is 2.40. The molecule has 0 spiro atoms. The number of rotatable bonds is 4. The molecule has 3 aromatic carbocycles. The molecule has 2 N–H and O–H groups in total. The molecule has 0 radical (unpaired) electrons. The van der Waals surface area contributed by atoms with Crippen LogP contribution in [0.5, 0.6) is 5.75 Å². The van der Waals surface area contributed by atoms with E-state index in [0.717, 1.165) is 31.0 Å². The molecule has 7 nitrogen and oxygen atoms in total. The zero-order valence-electron chi connectivity index (χ0n) is 17.5. The molecule has 0 saturated heterocycles. The van der Waals surface area contributed by atoms with Gasteiger partial charge in [0.05, 0.1) is 5.69 Å². The number of benzene rings is 3. The Labute approximate surface area is 215 Å². The van der Waals surface area contributed by atoms with E-state index >= 15 is 0 Å². The van der Waals surface area contributed by atoms with Gasteiger partial charge < -0.3 is 9.72 Å². The topological polar surface area (TPSA) is 85.9 Å². The van der Waals surface area contributed by atoms with Gasteiger partial charge in [-0.05, 0) is 72.1 Å². The van der Waals surface area contributed by atoms with E-state index in [2.05, 4.69) is 4.98 Å². The largest absolute Gasteiger partial charge is 0.416 e. The second-order valence-electron chi connectivity index (χ2n) is 7.80. The van der Waals surface area contributed by atoms with Crippen LogP contribution in [0.2, 0.25) is 10.0 Å². The summed E-state index contributed by atoms with van der Waals surface area (Å²) in [7, 11) is 0. The SMILES string of the molecule is O=IN(O)c1ccc(C2c3[nH]c4ccc(Cl)cc4c3CCN2C(=O)Oc2ccc(Cl)cc2)cc1. The zero-order valence-corrected chi connectivity index (χ0v) is 21.2. The lowest BCUT2D eigenvalue weighted by Crippen LogP contribution is -2.42. The summed E-state index contributed by atoms with van der Waals surface area (Å²) in [5, 5.41) is 12.0. The third-order valence-electron chi connectivity index (χ3n) is 5.83. The second-order valence-corrected chi connectivity index (χ2v) is 9.98. The van der Waals surface area contributed by atoms with Crippen molar-refractivity contribution >= 4 is 67.4 Å². The second kappa shape index (κ2) is 9.53. The Balaban J connectivity index is 1.57. The summed E-state index contributed by atoms with van der Waals surface area (Å²) in [5.74, 6) is 0.396. The molecule has 10 heteroatoms. The first-order valence-electron chi connectivity index (χ1n) is 10.3. The van der Waals surface area contributed by atoms with Gasteiger partial charge in [-0.1, -0.05) is 35.3 Å². The summed E-state index contributed by atoms with van der Waals surface area (Å²) < 4.78 is 17.5. The van der Waals surface area contributed by atoms with E-state index in [4.69, 9.17) is 27.9 Å². The van der Waals surface area contributed by atoms with Crippen LogP contribution >= 0.6 is 44.7 Å². The maximum Gasteiger partial charge on any atom is 0.416 e. The van der Waals surface area contributed by atoms with Crippen LogP contribution in [0.15, 0.2) is 66.7 Å². The van der Waals surface area contributed by atoms with Gasteiger partial charge in [0.1, 0.15) is 11.8 Å². The summed E-state index contributed by atoms with van der Waals surface area (Å²) in [6.07, 6.45) is 0.137. The number of nitrogens with one attached hydrogen (secondary N) is 1. The normalized spacial score (nSPS) is 15.3. The number of aromatic amines is 1. The summed E-state index contributed by atoms with van der Waals surface area (Å²) in [4.78, 5) is 18.4. The summed E-state index contributed by atoms with van der Waals surface area (Å²) >= 11 is 10.5. The van der Waals surface area contributed by atoms with Gasteiger partial charge in [0.15, 0.2) is 0 Å². The van der Waals surface area contributed by atoms with E-state index in [1.54, 1.807) is 53.4 Å². The minimum atomic E-state index is -1.74. The average molecular weight is 610 g/mol. The van der Waals surface area contributed by atoms with Crippen LogP contribution in [0.1, 0.15) is 22.9 Å². The number of amides is 1. The molecular weight excluding hydrogens is 592 g/mol. The molecule has 1 aliphatic heterocycles. The first-order chi connectivity index (χ1) is 16.4. The number of halogens is 3. The number of carbonyl (C=O) groups is 1. The molecule has 0 saturated carbocycles. The van der Waals surface area contributed by atoms with Gasteiger partial charge in [0.2, 0.25) is 0 Å². The minimum absolute atomic E-state index is 0.396. The lowest BCUT2D eigenvalue weighted by molar-refractivity contribution is 0.135. The highest BCUT2D eigenvalue weighted by atomic mass is 127. The molecule has 2 heterocycles. The maximum atomic E-state index is 13.3. The third-order valence-corrected chi connectivity index (χ3v) is 7.25. The smallest absolute Gasteiger partial charge is 0.410 e. The van der Waals surface area contributed by atoms with Crippen LogP contribution in [0.4, 0.5) is 10.5 Å². The fourth-order valence-electron chi connectivity index (χ4n) is 4.29. The Kier molecular flexibility index (Phi) is 6.48. The van der Waals surface area contributed by atoms with Gasteiger partial charge in [-0.3, -0.25) is 10.1 Å². The summed E-state index contributed by atoms with van der Waals surface area (Å²) in [6, 6.07) is 18.8. The molecule has 1 aliphatic rings. The third kappa shape index (κ3) is 4.38. The molecule has 0 aliphatic carbocycles. The van der Waals surface area contributed by atoms with Crippen LogP contribution in [0, 0.1) is 0 Å². The molecule has 174 valence electrons. The molecule has 5 rings (SSSR count). The maximum absolute atomic E-state index is 13.3. The monoisotopic (exact) mass is 609 g/mol. The Bertz CT molecular complexity index is 1380. The summed E-state index contributed by atoms with van der Waals surface area (Å²) in [6.45, 7) is 0.434. The van der Waals surface area contributed by atoms with Crippen molar-refractivity contribution in [1.29, 1.82) is 0 Å². The number of nitrogens with zero attached hydrogens (tertiary/aromatic N) is 2. The number of aromatic nitrogens is 1. The Morgan fingerprint density at radius 1 is 1.06 bits per heavy atom. The van der Waals surface area contributed by atoms with E-state index in [1.807, 2.05) is 18.2 Å². The van der Waals surface area contributed by atoms with Crippen molar-refractivity contribution < 1.29 is 17.8 Å². The van der Waals surface area contributed by atoms with Crippen molar-refractivity contribution in [3.05, 3.63) is 93.6 Å². The van der Waals surface area contributed by atoms with Crippen LogP contribution in [0.25, 0.3) is 10.9 Å². The number of carbonyl (C=O) groups excluding carboxylic acids is 1. The molecule has 1 atom stereocenters. The molecule has 1 aromatic heterocycles. The van der Waals surface area contributed by atoms with E-state index in [1.165, 1.54) is 0 Å². The standard InChI is InChI=1S/C24H18Cl2IN3O4/c25-15-3-8-18(9-4-15)34-24(31)29-12-11-19-20-13-16(26)5-10-21(20)28-22(19)23(29)14-1-6-17(7-2-14)30(33)27-32/h1-10,13,23,28,33H,11-12H2. The van der Waals surface area contributed by atoms with Crippen molar-refractivity contribution in [1.82, 2.24) is 9.88 Å². The number of hydrogen-bond donors (Lipinski definition) is 2. The van der Waals surface area contributed by atoms with Crippen molar-refractivity contribution in [3.8, 4) is 5.75 Å². The van der Waals surface area contributed by atoms with E-state index < -0.39 is 33.6 Å². The van der Waals surface area contributed by atoms with Crippen molar-refractivity contribution in [3.63, 3.8) is 0 Å². The predicted molar refractivity (Wildman–Crippen MR) is 138 cm³/mol. The lowest BCUT2D eigenvalue weighted by atomic mass is 9.92. The van der Waals surface area contributed by atoms with Gasteiger partial charge in [-0.25, -0.2) is 7.86 Å². The van der Waals surface area contributed by atoms with Crippen molar-refractivity contribution in [2.75, 3.05) is 9.82 Å². The van der Waals surface area contributed by atoms with Gasteiger partial charge in [0.25, 0.3) is 21.5 Å². The van der Waals surface area contributed by atoms with Crippen LogP contribution in [-0.2, 0) is 9.49 Å². The fourth-order valence-corrected chi connectivity index (χ4v) is 5.13. The Morgan fingerprint density at radius 2 is 1.76 bits per heavy atom.